The predicted molar refractivity (Wildman–Crippen MR) is 36.0 cm³/mol. The van der Waals surface area contributed by atoms with Crippen LogP contribution in [0, 0.1) is 5.92 Å². The fourth-order valence-corrected chi connectivity index (χ4v) is 1.44. The van der Waals surface area contributed by atoms with E-state index < -0.39 is 0 Å². The molecular formula is C7H13NO. The molecule has 1 atom stereocenters. The molecule has 0 aromatic carbocycles. The smallest absolute Gasteiger partial charge is 0.225 e. The molecule has 0 saturated carbocycles. The third kappa shape index (κ3) is 0.824. The Hall–Kier alpha value is -0.530. The van der Waals surface area contributed by atoms with Crippen LogP contribution in [-0.2, 0) is 4.79 Å². The van der Waals surface area contributed by atoms with Crippen molar-refractivity contribution in [1.82, 2.24) is 5.32 Å². The molecule has 52 valence electrons. The van der Waals surface area contributed by atoms with Gasteiger partial charge in [-0.15, -0.1) is 0 Å². The zero-order valence-corrected chi connectivity index (χ0v) is 6.19. The van der Waals surface area contributed by atoms with Gasteiger partial charge in [-0.05, 0) is 20.3 Å². The van der Waals surface area contributed by atoms with Crippen LogP contribution < -0.4 is 5.32 Å². The topological polar surface area (TPSA) is 29.1 Å². The Balaban J connectivity index is 2.58. The molecule has 1 N–H and O–H groups in total. The van der Waals surface area contributed by atoms with E-state index in [1.807, 2.05) is 6.92 Å². The van der Waals surface area contributed by atoms with E-state index in [2.05, 4.69) is 19.2 Å². The number of carbonyl (C=O) groups excluding carboxylic acids is 1. The van der Waals surface area contributed by atoms with Gasteiger partial charge in [0.1, 0.15) is 0 Å². The molecule has 0 radical (unpaired) electrons. The lowest BCUT2D eigenvalue weighted by atomic mass is 9.77. The molecule has 1 fully saturated rings. The minimum absolute atomic E-state index is 0.0613. The van der Waals surface area contributed by atoms with Gasteiger partial charge in [-0.3, -0.25) is 4.79 Å². The molecule has 9 heavy (non-hydrogen) atoms. The minimum Gasteiger partial charge on any atom is -0.350 e. The predicted octanol–water partition coefficient (Wildman–Crippen LogP) is 0.921. The van der Waals surface area contributed by atoms with E-state index in [1.165, 1.54) is 0 Å². The molecule has 0 bridgehead atoms. The first kappa shape index (κ1) is 6.59. The number of β-lactam (4-membered cyclic amide) rings is 1. The Morgan fingerprint density at radius 3 is 2.33 bits per heavy atom. The summed E-state index contributed by atoms with van der Waals surface area (Å²) >= 11 is 0. The summed E-state index contributed by atoms with van der Waals surface area (Å²) in [6.45, 7) is 6.16. The quantitative estimate of drug-likeness (QED) is 0.521. The second kappa shape index (κ2) is 1.72. The SMILES string of the molecule is CCC1C(=O)NC1(C)C. The molecule has 0 spiro atoms. The number of carbonyl (C=O) groups is 1. The zero-order valence-electron chi connectivity index (χ0n) is 6.19. The number of rotatable bonds is 1. The summed E-state index contributed by atoms with van der Waals surface area (Å²) in [7, 11) is 0. The Kier molecular flexibility index (Phi) is 1.26. The molecular weight excluding hydrogens is 114 g/mol. The molecule has 1 aliphatic rings. The van der Waals surface area contributed by atoms with Crippen LogP contribution in [0.15, 0.2) is 0 Å². The molecule has 0 aromatic heterocycles. The van der Waals surface area contributed by atoms with Crippen LogP contribution in [-0.4, -0.2) is 11.4 Å². The Morgan fingerprint density at radius 1 is 1.67 bits per heavy atom. The normalized spacial score (nSPS) is 31.0. The monoisotopic (exact) mass is 127 g/mol. The summed E-state index contributed by atoms with van der Waals surface area (Å²) in [5.74, 6) is 0.458. The largest absolute Gasteiger partial charge is 0.350 e. The van der Waals surface area contributed by atoms with Gasteiger partial charge in [0.2, 0.25) is 5.91 Å². The third-order valence-electron chi connectivity index (χ3n) is 2.04. The molecule has 2 heteroatoms. The van der Waals surface area contributed by atoms with Gasteiger partial charge in [-0.25, -0.2) is 0 Å². The van der Waals surface area contributed by atoms with Gasteiger partial charge >= 0.3 is 0 Å². The van der Waals surface area contributed by atoms with Crippen LogP contribution in [0.3, 0.4) is 0 Å². The maximum Gasteiger partial charge on any atom is 0.225 e. The summed E-state index contributed by atoms with van der Waals surface area (Å²) in [6.07, 6.45) is 0.957. The van der Waals surface area contributed by atoms with Crippen LogP contribution in [0.25, 0.3) is 0 Å². The van der Waals surface area contributed by atoms with Gasteiger partial charge < -0.3 is 5.32 Å². The van der Waals surface area contributed by atoms with E-state index in [0.29, 0.717) is 0 Å². The standard InChI is InChI=1S/C7H13NO/c1-4-5-6(9)8-7(5,2)3/h5H,4H2,1-3H3,(H,8,9). The van der Waals surface area contributed by atoms with Crippen molar-refractivity contribution >= 4 is 5.91 Å². The summed E-state index contributed by atoms with van der Waals surface area (Å²) in [4.78, 5) is 10.8. The second-order valence-corrected chi connectivity index (χ2v) is 3.17. The summed E-state index contributed by atoms with van der Waals surface area (Å²) in [6, 6.07) is 0. The average Bonchev–Trinajstić information content (AvgIpc) is 1.63. The summed E-state index contributed by atoms with van der Waals surface area (Å²) in [5.41, 5.74) is 0.0613. The van der Waals surface area contributed by atoms with Crippen LogP contribution in [0.5, 0.6) is 0 Å². The lowest BCUT2D eigenvalue weighted by Gasteiger charge is -2.43. The first-order valence-electron chi connectivity index (χ1n) is 3.40. The van der Waals surface area contributed by atoms with Crippen molar-refractivity contribution in [3.63, 3.8) is 0 Å². The van der Waals surface area contributed by atoms with Gasteiger partial charge in [0, 0.05) is 5.54 Å². The van der Waals surface area contributed by atoms with Crippen molar-refractivity contribution in [3.8, 4) is 0 Å². The van der Waals surface area contributed by atoms with Crippen molar-refractivity contribution in [3.05, 3.63) is 0 Å². The molecule has 1 amide bonds. The molecule has 1 heterocycles. The van der Waals surface area contributed by atoms with Crippen molar-refractivity contribution in [1.29, 1.82) is 0 Å². The highest BCUT2D eigenvalue weighted by molar-refractivity contribution is 5.87. The number of hydrogen-bond donors (Lipinski definition) is 1. The highest BCUT2D eigenvalue weighted by Crippen LogP contribution is 2.28. The summed E-state index contributed by atoms with van der Waals surface area (Å²) < 4.78 is 0. The highest BCUT2D eigenvalue weighted by Gasteiger charge is 2.44. The number of hydrogen-bond acceptors (Lipinski definition) is 1. The van der Waals surface area contributed by atoms with Gasteiger partial charge in [0.15, 0.2) is 0 Å². The molecule has 0 aliphatic carbocycles. The lowest BCUT2D eigenvalue weighted by molar-refractivity contribution is -0.139. The third-order valence-corrected chi connectivity index (χ3v) is 2.04. The minimum atomic E-state index is 0.0613. The van der Waals surface area contributed by atoms with Crippen molar-refractivity contribution in [2.45, 2.75) is 32.7 Å². The van der Waals surface area contributed by atoms with E-state index in [1.54, 1.807) is 0 Å². The van der Waals surface area contributed by atoms with E-state index >= 15 is 0 Å². The Bertz CT molecular complexity index is 140. The molecule has 1 unspecified atom stereocenters. The molecule has 1 aliphatic heterocycles. The van der Waals surface area contributed by atoms with Crippen LogP contribution in [0.1, 0.15) is 27.2 Å². The van der Waals surface area contributed by atoms with Gasteiger partial charge in [0.05, 0.1) is 5.92 Å². The van der Waals surface area contributed by atoms with E-state index in [0.717, 1.165) is 6.42 Å². The molecule has 0 aromatic rings. The zero-order chi connectivity index (χ0) is 7.07. The fraction of sp³-hybridized carbons (Fsp3) is 0.857. The molecule has 2 nitrogen and oxygen atoms in total. The van der Waals surface area contributed by atoms with E-state index in [9.17, 15) is 4.79 Å². The first-order chi connectivity index (χ1) is 4.08. The van der Waals surface area contributed by atoms with Crippen LogP contribution in [0.4, 0.5) is 0 Å². The Labute approximate surface area is 55.6 Å². The average molecular weight is 127 g/mol. The number of amides is 1. The van der Waals surface area contributed by atoms with Gasteiger partial charge in [0.25, 0.3) is 0 Å². The Morgan fingerprint density at radius 2 is 2.22 bits per heavy atom. The maximum atomic E-state index is 10.8. The molecule has 1 saturated heterocycles. The summed E-state index contributed by atoms with van der Waals surface area (Å²) in [5, 5.41) is 2.84. The van der Waals surface area contributed by atoms with Gasteiger partial charge in [-0.2, -0.15) is 0 Å². The first-order valence-corrected chi connectivity index (χ1v) is 3.40. The van der Waals surface area contributed by atoms with Crippen LogP contribution in [0.2, 0.25) is 0 Å². The lowest BCUT2D eigenvalue weighted by Crippen LogP contribution is -2.65. The second-order valence-electron chi connectivity index (χ2n) is 3.17. The fourth-order valence-electron chi connectivity index (χ4n) is 1.44. The van der Waals surface area contributed by atoms with Gasteiger partial charge in [-0.1, -0.05) is 6.92 Å². The molecule has 1 rings (SSSR count). The maximum absolute atomic E-state index is 10.8. The highest BCUT2D eigenvalue weighted by atomic mass is 16.2. The van der Waals surface area contributed by atoms with Crippen molar-refractivity contribution in [2.24, 2.45) is 5.92 Å². The van der Waals surface area contributed by atoms with Crippen LogP contribution >= 0.6 is 0 Å². The van der Waals surface area contributed by atoms with Crippen molar-refractivity contribution in [2.75, 3.05) is 0 Å². The van der Waals surface area contributed by atoms with E-state index in [-0.39, 0.29) is 17.4 Å². The van der Waals surface area contributed by atoms with Crippen molar-refractivity contribution < 1.29 is 4.79 Å². The van der Waals surface area contributed by atoms with E-state index in [4.69, 9.17) is 0 Å². The number of nitrogens with one attached hydrogen (secondary N) is 1.